The van der Waals surface area contributed by atoms with Crippen LogP contribution >= 0.6 is 24.0 Å². The van der Waals surface area contributed by atoms with E-state index in [0.29, 0.717) is 12.8 Å². The number of halogens is 1. The fraction of sp³-hybridized carbons (Fsp3) is 0.632. The third kappa shape index (κ3) is 4.73. The molecule has 146 valence electrons. The van der Waals surface area contributed by atoms with Gasteiger partial charge in [0.05, 0.1) is 0 Å². The minimum absolute atomic E-state index is 0. The van der Waals surface area contributed by atoms with Crippen LogP contribution in [0.15, 0.2) is 23.2 Å². The van der Waals surface area contributed by atoms with Gasteiger partial charge in [0.2, 0.25) is 6.79 Å². The van der Waals surface area contributed by atoms with E-state index in [-0.39, 0.29) is 29.4 Å². The van der Waals surface area contributed by atoms with Crippen molar-refractivity contribution in [2.24, 2.45) is 4.99 Å². The highest BCUT2D eigenvalue weighted by atomic mass is 127. The van der Waals surface area contributed by atoms with Gasteiger partial charge in [-0.3, -0.25) is 4.99 Å². The summed E-state index contributed by atoms with van der Waals surface area (Å²) in [6.45, 7) is 6.98. The summed E-state index contributed by atoms with van der Waals surface area (Å²) in [5, 5.41) is 6.95. The standard InChI is InChI=1S/C19H29N3O3.HI/c1-4-14(2)22-18(20-3)21-12-19(7-9-23-10-8-19)15-5-6-16-17(11-15)25-13-24-16;/h5-6,11,14H,4,7-10,12-13H2,1-3H3,(H2,20,21,22);1H. The Bertz CT molecular complexity index is 618. The second kappa shape index (κ2) is 9.64. The molecule has 1 atom stereocenters. The lowest BCUT2D eigenvalue weighted by atomic mass is 9.74. The highest BCUT2D eigenvalue weighted by Crippen LogP contribution is 2.40. The van der Waals surface area contributed by atoms with Gasteiger partial charge in [-0.15, -0.1) is 24.0 Å². The summed E-state index contributed by atoms with van der Waals surface area (Å²) in [5.41, 5.74) is 1.28. The molecule has 0 aliphatic carbocycles. The first kappa shape index (κ1) is 21.1. The third-order valence-electron chi connectivity index (χ3n) is 5.25. The van der Waals surface area contributed by atoms with Crippen molar-refractivity contribution < 1.29 is 14.2 Å². The molecule has 1 aromatic rings. The molecular weight excluding hydrogens is 445 g/mol. The number of benzene rings is 1. The fourth-order valence-corrected chi connectivity index (χ4v) is 3.34. The quantitative estimate of drug-likeness (QED) is 0.390. The van der Waals surface area contributed by atoms with Gasteiger partial charge < -0.3 is 24.8 Å². The number of nitrogens with one attached hydrogen (secondary N) is 2. The Labute approximate surface area is 173 Å². The molecule has 2 N–H and O–H groups in total. The molecule has 2 aliphatic heterocycles. The zero-order valence-electron chi connectivity index (χ0n) is 15.8. The van der Waals surface area contributed by atoms with Gasteiger partial charge in [0.1, 0.15) is 0 Å². The zero-order valence-corrected chi connectivity index (χ0v) is 18.2. The van der Waals surface area contributed by atoms with E-state index in [4.69, 9.17) is 14.2 Å². The summed E-state index contributed by atoms with van der Waals surface area (Å²) < 4.78 is 16.7. The molecule has 0 aromatic heterocycles. The average molecular weight is 475 g/mol. The van der Waals surface area contributed by atoms with Crippen LogP contribution in [0.4, 0.5) is 0 Å². The van der Waals surface area contributed by atoms with Crippen LogP contribution in [0.3, 0.4) is 0 Å². The van der Waals surface area contributed by atoms with Crippen LogP contribution in [0.5, 0.6) is 11.5 Å². The fourth-order valence-electron chi connectivity index (χ4n) is 3.34. The molecule has 0 saturated carbocycles. The molecule has 1 unspecified atom stereocenters. The molecule has 0 bridgehead atoms. The van der Waals surface area contributed by atoms with Crippen molar-refractivity contribution in [1.29, 1.82) is 0 Å². The van der Waals surface area contributed by atoms with E-state index in [1.165, 1.54) is 5.56 Å². The molecule has 2 heterocycles. The van der Waals surface area contributed by atoms with Gasteiger partial charge in [0.15, 0.2) is 17.5 Å². The van der Waals surface area contributed by atoms with E-state index in [1.807, 2.05) is 13.1 Å². The van der Waals surface area contributed by atoms with E-state index in [0.717, 1.165) is 56.5 Å². The summed E-state index contributed by atoms with van der Waals surface area (Å²) in [6, 6.07) is 6.69. The summed E-state index contributed by atoms with van der Waals surface area (Å²) in [7, 11) is 1.81. The molecule has 1 saturated heterocycles. The Morgan fingerprint density at radius 3 is 2.65 bits per heavy atom. The molecular formula is C19H30IN3O3. The maximum absolute atomic E-state index is 5.62. The molecule has 0 amide bonds. The number of fused-ring (bicyclic) bond motifs is 1. The maximum Gasteiger partial charge on any atom is 0.231 e. The Morgan fingerprint density at radius 2 is 1.96 bits per heavy atom. The Morgan fingerprint density at radius 1 is 1.23 bits per heavy atom. The first-order chi connectivity index (χ1) is 12.2. The molecule has 7 heteroatoms. The largest absolute Gasteiger partial charge is 0.454 e. The molecule has 2 aliphatic rings. The minimum atomic E-state index is 0. The van der Waals surface area contributed by atoms with Gasteiger partial charge in [0.25, 0.3) is 0 Å². The maximum atomic E-state index is 5.62. The molecule has 0 spiro atoms. The molecule has 1 aromatic carbocycles. The monoisotopic (exact) mass is 475 g/mol. The molecule has 1 fully saturated rings. The average Bonchev–Trinajstić information content (AvgIpc) is 3.13. The summed E-state index contributed by atoms with van der Waals surface area (Å²) >= 11 is 0. The van der Waals surface area contributed by atoms with Crippen LogP contribution in [-0.4, -0.2) is 45.6 Å². The van der Waals surface area contributed by atoms with Crippen molar-refractivity contribution in [2.75, 3.05) is 33.6 Å². The van der Waals surface area contributed by atoms with Gasteiger partial charge in [0, 0.05) is 38.3 Å². The van der Waals surface area contributed by atoms with E-state index >= 15 is 0 Å². The Balaban J connectivity index is 0.00000243. The normalized spacial score (nSPS) is 19.4. The number of hydrogen-bond donors (Lipinski definition) is 2. The van der Waals surface area contributed by atoms with Crippen LogP contribution in [0.1, 0.15) is 38.7 Å². The van der Waals surface area contributed by atoms with Crippen LogP contribution in [0, 0.1) is 0 Å². The first-order valence-electron chi connectivity index (χ1n) is 9.12. The predicted octanol–water partition coefficient (Wildman–Crippen LogP) is 3.05. The van der Waals surface area contributed by atoms with Crippen LogP contribution in [0.25, 0.3) is 0 Å². The van der Waals surface area contributed by atoms with Crippen LogP contribution in [0.2, 0.25) is 0 Å². The highest BCUT2D eigenvalue weighted by Gasteiger charge is 2.35. The number of rotatable bonds is 5. The van der Waals surface area contributed by atoms with Crippen LogP contribution in [-0.2, 0) is 10.2 Å². The highest BCUT2D eigenvalue weighted by molar-refractivity contribution is 14.0. The van der Waals surface area contributed by atoms with Gasteiger partial charge >= 0.3 is 0 Å². The molecule has 3 rings (SSSR count). The van der Waals surface area contributed by atoms with Crippen LogP contribution < -0.4 is 20.1 Å². The second-order valence-corrected chi connectivity index (χ2v) is 6.84. The van der Waals surface area contributed by atoms with Crippen molar-refractivity contribution >= 4 is 29.9 Å². The van der Waals surface area contributed by atoms with E-state index in [1.54, 1.807) is 0 Å². The first-order valence-corrected chi connectivity index (χ1v) is 9.12. The summed E-state index contributed by atoms with van der Waals surface area (Å²) in [6.07, 6.45) is 3.00. The van der Waals surface area contributed by atoms with Crippen molar-refractivity contribution in [3.8, 4) is 11.5 Å². The lowest BCUT2D eigenvalue weighted by Gasteiger charge is -2.38. The van der Waals surface area contributed by atoms with Crippen molar-refractivity contribution in [3.63, 3.8) is 0 Å². The van der Waals surface area contributed by atoms with Gasteiger partial charge in [-0.25, -0.2) is 0 Å². The lowest BCUT2D eigenvalue weighted by Crippen LogP contribution is -2.49. The van der Waals surface area contributed by atoms with Crippen molar-refractivity contribution in [1.82, 2.24) is 10.6 Å². The van der Waals surface area contributed by atoms with E-state index in [2.05, 4.69) is 41.6 Å². The number of aliphatic imine (C=N–C) groups is 1. The Hall–Kier alpha value is -1.22. The SMILES string of the molecule is CCC(C)NC(=NC)NCC1(c2ccc3c(c2)OCO3)CCOCC1.I. The van der Waals surface area contributed by atoms with E-state index < -0.39 is 0 Å². The number of ether oxygens (including phenoxy) is 3. The lowest BCUT2D eigenvalue weighted by molar-refractivity contribution is 0.0513. The number of guanidine groups is 1. The number of hydrogen-bond acceptors (Lipinski definition) is 4. The molecule has 6 nitrogen and oxygen atoms in total. The second-order valence-electron chi connectivity index (χ2n) is 6.84. The zero-order chi connectivity index (χ0) is 17.7. The Kier molecular flexibility index (Phi) is 7.82. The van der Waals surface area contributed by atoms with Gasteiger partial charge in [-0.1, -0.05) is 13.0 Å². The molecule has 0 radical (unpaired) electrons. The topological polar surface area (TPSA) is 64.1 Å². The smallest absolute Gasteiger partial charge is 0.231 e. The minimum Gasteiger partial charge on any atom is -0.454 e. The van der Waals surface area contributed by atoms with Gasteiger partial charge in [-0.05, 0) is 43.9 Å². The number of nitrogens with zero attached hydrogens (tertiary/aromatic N) is 1. The predicted molar refractivity (Wildman–Crippen MR) is 114 cm³/mol. The summed E-state index contributed by atoms with van der Waals surface area (Å²) in [4.78, 5) is 4.36. The van der Waals surface area contributed by atoms with Crippen molar-refractivity contribution in [3.05, 3.63) is 23.8 Å². The third-order valence-corrected chi connectivity index (χ3v) is 5.25. The summed E-state index contributed by atoms with van der Waals surface area (Å²) in [5.74, 6) is 2.51. The van der Waals surface area contributed by atoms with Crippen molar-refractivity contribution in [2.45, 2.75) is 44.6 Å². The van der Waals surface area contributed by atoms with Gasteiger partial charge in [-0.2, -0.15) is 0 Å². The van der Waals surface area contributed by atoms with E-state index in [9.17, 15) is 0 Å². The molecule has 26 heavy (non-hydrogen) atoms.